The predicted octanol–water partition coefficient (Wildman–Crippen LogP) is 2.35. The summed E-state index contributed by atoms with van der Waals surface area (Å²) in [7, 11) is -3.14. The minimum absolute atomic E-state index is 0.184. The van der Waals surface area contributed by atoms with Crippen LogP contribution in [0.15, 0.2) is 23.1 Å². The molecule has 0 amide bonds. The second-order valence-corrected chi connectivity index (χ2v) is 6.66. The summed E-state index contributed by atoms with van der Waals surface area (Å²) in [6, 6.07) is 5.00. The molecule has 2 rings (SSSR count). The molecule has 0 unspecified atom stereocenters. The number of imidazole rings is 1. The molecular formula is C10H11IN2O2S. The summed E-state index contributed by atoms with van der Waals surface area (Å²) in [6.45, 7) is 1.86. The lowest BCUT2D eigenvalue weighted by Crippen LogP contribution is -2.05. The van der Waals surface area contributed by atoms with Gasteiger partial charge in [-0.1, -0.05) is 6.92 Å². The normalized spacial score (nSPS) is 12.1. The molecule has 0 aliphatic carbocycles. The average Bonchev–Trinajstić information content (AvgIpc) is 2.56. The number of H-pyrrole nitrogens is 1. The zero-order chi connectivity index (χ0) is 11.8. The third-order valence-corrected chi connectivity index (χ3v) is 4.69. The number of rotatable bonds is 3. The van der Waals surface area contributed by atoms with E-state index in [1.165, 1.54) is 0 Å². The number of hydrogen-bond donors (Lipinski definition) is 1. The van der Waals surface area contributed by atoms with Crippen molar-refractivity contribution < 1.29 is 8.42 Å². The van der Waals surface area contributed by atoms with E-state index in [1.807, 2.05) is 6.92 Å². The maximum Gasteiger partial charge on any atom is 0.178 e. The summed E-state index contributed by atoms with van der Waals surface area (Å²) in [5.74, 6) is 0.184. The molecule has 0 radical (unpaired) electrons. The van der Waals surface area contributed by atoms with Crippen LogP contribution in [0.4, 0.5) is 0 Å². The second kappa shape index (κ2) is 4.33. The minimum atomic E-state index is -3.14. The first kappa shape index (κ1) is 11.8. The zero-order valence-electron chi connectivity index (χ0n) is 8.70. The quantitative estimate of drug-likeness (QED) is 0.865. The summed E-state index contributed by atoms with van der Waals surface area (Å²) >= 11 is 2.07. The number of fused-ring (bicyclic) bond motifs is 1. The summed E-state index contributed by atoms with van der Waals surface area (Å²) in [5.41, 5.74) is 1.56. The van der Waals surface area contributed by atoms with E-state index in [0.29, 0.717) is 11.3 Å². The Balaban J connectivity index is 2.54. The minimum Gasteiger partial charge on any atom is -0.333 e. The van der Waals surface area contributed by atoms with E-state index in [4.69, 9.17) is 0 Å². The van der Waals surface area contributed by atoms with E-state index >= 15 is 0 Å². The molecule has 0 atom stereocenters. The monoisotopic (exact) mass is 350 g/mol. The fraction of sp³-hybridized carbons (Fsp3) is 0.300. The van der Waals surface area contributed by atoms with Gasteiger partial charge >= 0.3 is 0 Å². The van der Waals surface area contributed by atoms with E-state index in [2.05, 4.69) is 32.6 Å². The van der Waals surface area contributed by atoms with Crippen LogP contribution in [0.25, 0.3) is 11.0 Å². The lowest BCUT2D eigenvalue weighted by Gasteiger charge is -2.01. The fourth-order valence-electron chi connectivity index (χ4n) is 1.54. The Bertz CT molecular complexity index is 619. The Morgan fingerprint density at radius 1 is 1.44 bits per heavy atom. The largest absolute Gasteiger partial charge is 0.333 e. The van der Waals surface area contributed by atoms with E-state index in [0.717, 1.165) is 14.9 Å². The van der Waals surface area contributed by atoms with E-state index in [-0.39, 0.29) is 5.75 Å². The van der Waals surface area contributed by atoms with Crippen LogP contribution in [-0.2, 0) is 9.84 Å². The van der Waals surface area contributed by atoms with Gasteiger partial charge in [0.25, 0.3) is 0 Å². The number of halogens is 1. The highest BCUT2D eigenvalue weighted by molar-refractivity contribution is 14.1. The van der Waals surface area contributed by atoms with Crippen LogP contribution in [0.1, 0.15) is 13.3 Å². The highest BCUT2D eigenvalue weighted by Gasteiger charge is 2.14. The van der Waals surface area contributed by atoms with Gasteiger partial charge in [-0.3, -0.25) is 0 Å². The van der Waals surface area contributed by atoms with Gasteiger partial charge < -0.3 is 4.98 Å². The number of nitrogens with zero attached hydrogens (tertiary/aromatic N) is 1. The summed E-state index contributed by atoms with van der Waals surface area (Å²) in [5, 5.41) is 0. The molecule has 4 nitrogen and oxygen atoms in total. The number of sulfone groups is 1. The highest BCUT2D eigenvalue weighted by atomic mass is 127. The van der Waals surface area contributed by atoms with Gasteiger partial charge in [0.05, 0.1) is 21.7 Å². The van der Waals surface area contributed by atoms with E-state index in [9.17, 15) is 8.42 Å². The highest BCUT2D eigenvalue weighted by Crippen LogP contribution is 2.19. The van der Waals surface area contributed by atoms with E-state index < -0.39 is 9.84 Å². The predicted molar refractivity (Wildman–Crippen MR) is 71.2 cm³/mol. The second-order valence-electron chi connectivity index (χ2n) is 3.53. The van der Waals surface area contributed by atoms with Gasteiger partial charge in [-0.2, -0.15) is 0 Å². The molecule has 0 aliphatic rings. The molecule has 0 spiro atoms. The molecule has 0 aliphatic heterocycles. The molecule has 1 heterocycles. The molecule has 0 saturated carbocycles. The summed E-state index contributed by atoms with van der Waals surface area (Å²) < 4.78 is 24.5. The van der Waals surface area contributed by atoms with Crippen molar-refractivity contribution in [3.8, 4) is 0 Å². The number of nitrogens with one attached hydrogen (secondary N) is 1. The van der Waals surface area contributed by atoms with Gasteiger partial charge in [-0.15, -0.1) is 0 Å². The van der Waals surface area contributed by atoms with Crippen LogP contribution in [0.5, 0.6) is 0 Å². The average molecular weight is 350 g/mol. The van der Waals surface area contributed by atoms with Crippen LogP contribution in [-0.4, -0.2) is 24.1 Å². The number of aromatic nitrogens is 2. The maximum absolute atomic E-state index is 11.8. The molecule has 16 heavy (non-hydrogen) atoms. The Morgan fingerprint density at radius 3 is 2.88 bits per heavy atom. The number of benzene rings is 1. The maximum atomic E-state index is 11.8. The van der Waals surface area contributed by atoms with Gasteiger partial charge in [-0.05, 0) is 47.2 Å². The van der Waals surface area contributed by atoms with Crippen molar-refractivity contribution in [3.05, 3.63) is 22.0 Å². The van der Waals surface area contributed by atoms with Crippen molar-refractivity contribution in [1.82, 2.24) is 9.97 Å². The standard InChI is InChI=1S/C10H11IN2O2S/c1-2-5-16(14,15)7-3-4-8-9(6-7)13-10(11)12-8/h3-4,6H,2,5H2,1H3,(H,12,13). The smallest absolute Gasteiger partial charge is 0.178 e. The molecule has 1 aromatic heterocycles. The van der Waals surface area contributed by atoms with E-state index in [1.54, 1.807) is 18.2 Å². The Labute approximate surface area is 108 Å². The Morgan fingerprint density at radius 2 is 2.19 bits per heavy atom. The molecule has 0 saturated heterocycles. The molecule has 1 aromatic carbocycles. The third kappa shape index (κ3) is 2.22. The van der Waals surface area contributed by atoms with Crippen LogP contribution < -0.4 is 0 Å². The van der Waals surface area contributed by atoms with Crippen molar-refractivity contribution >= 4 is 43.5 Å². The van der Waals surface area contributed by atoms with Crippen molar-refractivity contribution in [3.63, 3.8) is 0 Å². The topological polar surface area (TPSA) is 62.8 Å². The van der Waals surface area contributed by atoms with Crippen LogP contribution in [0.2, 0.25) is 0 Å². The van der Waals surface area contributed by atoms with Crippen molar-refractivity contribution in [2.45, 2.75) is 18.2 Å². The molecular weight excluding hydrogens is 339 g/mol. The van der Waals surface area contributed by atoms with Crippen molar-refractivity contribution in [1.29, 1.82) is 0 Å². The van der Waals surface area contributed by atoms with Crippen molar-refractivity contribution in [2.75, 3.05) is 5.75 Å². The Kier molecular flexibility index (Phi) is 3.20. The Hall–Kier alpha value is -0.630. The first-order valence-electron chi connectivity index (χ1n) is 4.91. The third-order valence-electron chi connectivity index (χ3n) is 2.26. The molecule has 86 valence electrons. The van der Waals surface area contributed by atoms with Gasteiger partial charge in [0, 0.05) is 0 Å². The van der Waals surface area contributed by atoms with Gasteiger partial charge in [-0.25, -0.2) is 13.4 Å². The first-order valence-corrected chi connectivity index (χ1v) is 7.64. The first-order chi connectivity index (χ1) is 7.53. The summed E-state index contributed by atoms with van der Waals surface area (Å²) in [4.78, 5) is 7.61. The van der Waals surface area contributed by atoms with Crippen LogP contribution in [0, 0.1) is 3.83 Å². The van der Waals surface area contributed by atoms with Gasteiger partial charge in [0.1, 0.15) is 0 Å². The molecule has 6 heteroatoms. The molecule has 2 aromatic rings. The number of hydrogen-bond acceptors (Lipinski definition) is 3. The SMILES string of the molecule is CCCS(=O)(=O)c1ccc2nc(I)[nH]c2c1. The number of aromatic amines is 1. The lowest BCUT2D eigenvalue weighted by molar-refractivity contribution is 0.595. The van der Waals surface area contributed by atoms with Crippen LogP contribution >= 0.6 is 22.6 Å². The van der Waals surface area contributed by atoms with Crippen molar-refractivity contribution in [2.24, 2.45) is 0 Å². The summed E-state index contributed by atoms with van der Waals surface area (Å²) in [6.07, 6.45) is 0.626. The molecule has 0 fully saturated rings. The fourth-order valence-corrected chi connectivity index (χ4v) is 3.43. The van der Waals surface area contributed by atoms with Gasteiger partial charge in [0.15, 0.2) is 13.7 Å². The van der Waals surface area contributed by atoms with Crippen LogP contribution in [0.3, 0.4) is 0 Å². The lowest BCUT2D eigenvalue weighted by atomic mass is 10.3. The zero-order valence-corrected chi connectivity index (χ0v) is 11.7. The molecule has 0 bridgehead atoms. The van der Waals surface area contributed by atoms with Gasteiger partial charge in [0.2, 0.25) is 0 Å². The molecule has 1 N–H and O–H groups in total.